The van der Waals surface area contributed by atoms with Crippen molar-refractivity contribution in [3.63, 3.8) is 0 Å². The van der Waals surface area contributed by atoms with E-state index in [0.29, 0.717) is 0 Å². The van der Waals surface area contributed by atoms with Crippen molar-refractivity contribution in [2.45, 2.75) is 64.6 Å². The van der Waals surface area contributed by atoms with Gasteiger partial charge in [-0.1, -0.05) is 19.4 Å². The van der Waals surface area contributed by atoms with E-state index in [-0.39, 0.29) is 24.0 Å². The van der Waals surface area contributed by atoms with Gasteiger partial charge in [-0.3, -0.25) is 0 Å². The number of rotatable bonds is 8. The van der Waals surface area contributed by atoms with Crippen molar-refractivity contribution in [2.24, 2.45) is 0 Å². The molecule has 0 aliphatic carbocycles. The first-order valence-electron chi connectivity index (χ1n) is 6.50. The van der Waals surface area contributed by atoms with E-state index in [1.54, 1.807) is 0 Å². The molecule has 0 N–H and O–H groups in total. The highest BCUT2D eigenvalue weighted by molar-refractivity contribution is 7.01. The summed E-state index contributed by atoms with van der Waals surface area (Å²) in [4.78, 5) is 0. The third kappa shape index (κ3) is 11.3. The molecule has 2 nitrogen and oxygen atoms in total. The summed E-state index contributed by atoms with van der Waals surface area (Å²) in [7, 11) is -2.77. The van der Waals surface area contributed by atoms with E-state index in [1.165, 1.54) is 12.5 Å². The van der Waals surface area contributed by atoms with E-state index < -0.39 is 16.6 Å². The quantitative estimate of drug-likeness (QED) is 0.387. The lowest BCUT2D eigenvalue weighted by molar-refractivity contribution is 0.0627. The van der Waals surface area contributed by atoms with Crippen molar-refractivity contribution in [1.29, 1.82) is 0 Å². The van der Waals surface area contributed by atoms with E-state index in [0.717, 1.165) is 0 Å². The Morgan fingerprint density at radius 1 is 0.938 bits per heavy atom. The van der Waals surface area contributed by atoms with Gasteiger partial charge in [0.25, 0.3) is 0 Å². The lowest BCUT2D eigenvalue weighted by Gasteiger charge is -2.31. The van der Waals surface area contributed by atoms with Crippen LogP contribution in [0, 0.1) is 0 Å². The van der Waals surface area contributed by atoms with Gasteiger partial charge in [-0.15, -0.1) is 0 Å². The molecule has 0 aliphatic heterocycles. The first-order chi connectivity index (χ1) is 7.14. The van der Waals surface area contributed by atoms with Crippen LogP contribution >= 0.6 is 0 Å². The lowest BCUT2D eigenvalue weighted by Crippen LogP contribution is -2.44. The van der Waals surface area contributed by atoms with Crippen LogP contribution < -0.4 is 0 Å². The van der Waals surface area contributed by atoms with E-state index in [1.807, 2.05) is 0 Å². The summed E-state index contributed by atoms with van der Waals surface area (Å²) < 4.78 is 12.4. The maximum Gasteiger partial charge on any atom is 0.186 e. The van der Waals surface area contributed by atoms with Crippen molar-refractivity contribution in [2.75, 3.05) is 0 Å². The average molecular weight is 295 g/mol. The van der Waals surface area contributed by atoms with Crippen LogP contribution in [-0.4, -0.2) is 40.6 Å². The monoisotopic (exact) mass is 294 g/mol. The van der Waals surface area contributed by atoms with Crippen LogP contribution in [0.2, 0.25) is 45.3 Å². The van der Waals surface area contributed by atoms with Gasteiger partial charge in [-0.05, 0) is 39.3 Å². The van der Waals surface area contributed by atoms with Gasteiger partial charge in [-0.25, -0.2) is 0 Å². The molecule has 0 aromatic rings. The molecule has 0 atom stereocenters. The van der Waals surface area contributed by atoms with Gasteiger partial charge in [0, 0.05) is 9.04 Å². The summed E-state index contributed by atoms with van der Waals surface area (Å²) >= 11 is 0. The Labute approximate surface area is 108 Å². The van der Waals surface area contributed by atoms with Crippen LogP contribution in [0.15, 0.2) is 0 Å². The zero-order chi connectivity index (χ0) is 12.8. The highest BCUT2D eigenvalue weighted by Gasteiger charge is 2.26. The topological polar surface area (TPSA) is 18.5 Å². The zero-order valence-corrected chi connectivity index (χ0v) is 17.1. The molecule has 0 aromatic heterocycles. The number of hydrogen-bond donors (Lipinski definition) is 0. The largest absolute Gasteiger partial charge is 0.398 e. The highest BCUT2D eigenvalue weighted by atomic mass is 29.1. The Balaban J connectivity index is 4.17. The Bertz CT molecular complexity index is 170. The van der Waals surface area contributed by atoms with Crippen LogP contribution in [-0.2, 0) is 8.85 Å². The van der Waals surface area contributed by atoms with Crippen LogP contribution in [0.4, 0.5) is 0 Å². The molecule has 0 fully saturated rings. The van der Waals surface area contributed by atoms with Gasteiger partial charge in [0.15, 0.2) is 16.6 Å². The van der Waals surface area contributed by atoms with Gasteiger partial charge < -0.3 is 8.85 Å². The van der Waals surface area contributed by atoms with Gasteiger partial charge in [0.1, 0.15) is 5.91 Å². The van der Waals surface area contributed by atoms with Crippen molar-refractivity contribution in [1.82, 2.24) is 0 Å². The predicted molar refractivity (Wildman–Crippen MR) is 84.8 cm³/mol. The smallest absolute Gasteiger partial charge is 0.186 e. The fourth-order valence-electron chi connectivity index (χ4n) is 1.49. The summed E-state index contributed by atoms with van der Waals surface area (Å²) in [5, 5.41) is 0. The zero-order valence-electron chi connectivity index (χ0n) is 12.2. The second-order valence-corrected chi connectivity index (χ2v) is 21.8. The lowest BCUT2D eigenvalue weighted by atomic mass is 10.6. The van der Waals surface area contributed by atoms with Gasteiger partial charge >= 0.3 is 0 Å². The van der Waals surface area contributed by atoms with Crippen molar-refractivity contribution in [3.8, 4) is 0 Å². The molecule has 16 heavy (non-hydrogen) atoms. The van der Waals surface area contributed by atoms with E-state index in [2.05, 4.69) is 46.2 Å². The van der Waals surface area contributed by atoms with Gasteiger partial charge in [0.2, 0.25) is 0 Å². The molecular formula is C10H30O2Si4. The molecule has 0 saturated carbocycles. The third-order valence-electron chi connectivity index (χ3n) is 2.01. The molecule has 0 rings (SSSR count). The van der Waals surface area contributed by atoms with Crippen LogP contribution in [0.1, 0.15) is 13.3 Å². The van der Waals surface area contributed by atoms with Crippen molar-refractivity contribution >= 4 is 34.7 Å². The Kier molecular flexibility index (Phi) is 7.63. The molecular weight excluding hydrogens is 264 g/mol. The molecule has 98 valence electrons. The third-order valence-corrected chi connectivity index (χ3v) is 11.2. The van der Waals surface area contributed by atoms with Crippen LogP contribution in [0.25, 0.3) is 0 Å². The summed E-state index contributed by atoms with van der Waals surface area (Å²) in [6, 6.07) is 1.48. The molecule has 0 bridgehead atoms. The second-order valence-electron chi connectivity index (χ2n) is 6.39. The summed E-state index contributed by atoms with van der Waals surface area (Å²) in [6.45, 7) is 15.9. The van der Waals surface area contributed by atoms with Crippen LogP contribution in [0.3, 0.4) is 0 Å². The average Bonchev–Trinajstić information content (AvgIpc) is 1.97. The first kappa shape index (κ1) is 16.8. The first-order valence-corrected chi connectivity index (χ1v) is 19.1. The standard InChI is InChI=1S/C10H30O2Si4/c1-8-9-13-14-10(11-15(2,3)4)12-16(5,6)7/h10H,8-9,13-14H2,1-7H3. The van der Waals surface area contributed by atoms with E-state index in [4.69, 9.17) is 8.85 Å². The SMILES string of the molecule is CCC[SiH2][SiH2]C(O[Si](C)(C)C)O[Si](C)(C)C. The Morgan fingerprint density at radius 3 is 1.69 bits per heavy atom. The van der Waals surface area contributed by atoms with Gasteiger partial charge in [-0.2, -0.15) is 0 Å². The molecule has 0 spiro atoms. The summed E-state index contributed by atoms with van der Waals surface area (Å²) in [6.07, 6.45) is 1.35. The molecule has 0 heterocycles. The van der Waals surface area contributed by atoms with E-state index >= 15 is 0 Å². The number of hydrogen-bond acceptors (Lipinski definition) is 2. The molecule has 0 aromatic carbocycles. The summed E-state index contributed by atoms with van der Waals surface area (Å²) in [5.41, 5.74) is 0. The molecule has 0 saturated heterocycles. The maximum atomic E-state index is 6.21. The predicted octanol–water partition coefficient (Wildman–Crippen LogP) is 2.05. The highest BCUT2D eigenvalue weighted by Crippen LogP contribution is 2.13. The fraction of sp³-hybridized carbons (Fsp3) is 1.00. The molecule has 0 amide bonds. The van der Waals surface area contributed by atoms with E-state index in [9.17, 15) is 0 Å². The Morgan fingerprint density at radius 2 is 1.38 bits per heavy atom. The molecule has 0 unspecified atom stereocenters. The molecule has 6 heteroatoms. The molecule has 0 radical (unpaired) electrons. The van der Waals surface area contributed by atoms with Crippen molar-refractivity contribution < 1.29 is 8.85 Å². The van der Waals surface area contributed by atoms with Gasteiger partial charge in [0.05, 0.1) is 9.04 Å². The van der Waals surface area contributed by atoms with Crippen LogP contribution in [0.5, 0.6) is 0 Å². The summed E-state index contributed by atoms with van der Waals surface area (Å²) in [5.74, 6) is 0.247. The molecule has 0 aliphatic rings. The maximum absolute atomic E-state index is 6.21. The fourth-order valence-corrected chi connectivity index (χ4v) is 13.8. The minimum absolute atomic E-state index is 0.0814. The normalized spacial score (nSPS) is 15.0. The van der Waals surface area contributed by atoms with Crippen molar-refractivity contribution in [3.05, 3.63) is 0 Å². The second kappa shape index (κ2) is 7.27. The minimum Gasteiger partial charge on any atom is -0.398 e. The minimum atomic E-state index is -1.43. The Hall–Kier alpha value is 0.788.